The van der Waals surface area contributed by atoms with Crippen LogP contribution in [0, 0.1) is 10.8 Å². The van der Waals surface area contributed by atoms with Gasteiger partial charge in [-0.1, -0.05) is 58.9 Å². The molecule has 0 saturated heterocycles. The van der Waals surface area contributed by atoms with Crippen molar-refractivity contribution < 1.29 is 0 Å². The molecule has 0 atom stereocenters. The fourth-order valence-electron chi connectivity index (χ4n) is 2.33. The van der Waals surface area contributed by atoms with Crippen LogP contribution in [-0.2, 0) is 6.42 Å². The number of nitrogens with zero attached hydrogens (tertiary/aromatic N) is 1. The van der Waals surface area contributed by atoms with Gasteiger partial charge in [0.2, 0.25) is 0 Å². The third-order valence-corrected chi connectivity index (χ3v) is 4.92. The zero-order valence-corrected chi connectivity index (χ0v) is 13.5. The van der Waals surface area contributed by atoms with Crippen LogP contribution in [0.25, 0.3) is 10.9 Å². The van der Waals surface area contributed by atoms with Crippen molar-refractivity contribution in [2.24, 2.45) is 10.8 Å². The Bertz CT molecular complexity index is 576. The Hall–Kier alpha value is -1.37. The van der Waals surface area contributed by atoms with Crippen LogP contribution < -0.4 is 0 Å². The van der Waals surface area contributed by atoms with E-state index in [1.54, 1.807) is 0 Å². The van der Waals surface area contributed by atoms with Gasteiger partial charge in [0.25, 0.3) is 0 Å². The summed E-state index contributed by atoms with van der Waals surface area (Å²) < 4.78 is 0. The molecule has 2 aromatic rings. The first-order chi connectivity index (χ1) is 9.29. The van der Waals surface area contributed by atoms with Gasteiger partial charge in [0.15, 0.2) is 0 Å². The highest BCUT2D eigenvalue weighted by molar-refractivity contribution is 5.78. The van der Waals surface area contributed by atoms with Gasteiger partial charge in [0.1, 0.15) is 0 Å². The van der Waals surface area contributed by atoms with E-state index >= 15 is 0 Å². The van der Waals surface area contributed by atoms with E-state index < -0.39 is 0 Å². The van der Waals surface area contributed by atoms with E-state index in [0.717, 1.165) is 11.9 Å². The fraction of sp³-hybridized carbons (Fsp3) is 0.526. The topological polar surface area (TPSA) is 12.9 Å². The van der Waals surface area contributed by atoms with Crippen molar-refractivity contribution in [3.8, 4) is 0 Å². The summed E-state index contributed by atoms with van der Waals surface area (Å²) in [5.74, 6) is 0. The summed E-state index contributed by atoms with van der Waals surface area (Å²) in [5, 5.41) is 1.23. The van der Waals surface area contributed by atoms with Gasteiger partial charge in [-0.2, -0.15) is 0 Å². The monoisotopic (exact) mass is 269 g/mol. The maximum absolute atomic E-state index is 4.76. The molecule has 0 bridgehead atoms. The minimum Gasteiger partial charge on any atom is -0.253 e. The number of aryl methyl sites for hydroxylation is 1. The van der Waals surface area contributed by atoms with Crippen molar-refractivity contribution in [2.45, 2.75) is 53.9 Å². The SMILES string of the molecule is CC(C)(C)C(C)(C)CCCc1ccc2ccccc2n1. The Labute approximate surface area is 123 Å². The van der Waals surface area contributed by atoms with Crippen LogP contribution in [0.4, 0.5) is 0 Å². The van der Waals surface area contributed by atoms with Gasteiger partial charge in [-0.25, -0.2) is 0 Å². The molecule has 1 heteroatoms. The summed E-state index contributed by atoms with van der Waals surface area (Å²) in [6.07, 6.45) is 3.52. The summed E-state index contributed by atoms with van der Waals surface area (Å²) >= 11 is 0. The highest BCUT2D eigenvalue weighted by atomic mass is 14.7. The highest BCUT2D eigenvalue weighted by Crippen LogP contribution is 2.41. The number of aromatic nitrogens is 1. The predicted octanol–water partition coefficient (Wildman–Crippen LogP) is 5.63. The number of para-hydroxylation sites is 1. The van der Waals surface area contributed by atoms with Crippen LogP contribution in [0.2, 0.25) is 0 Å². The van der Waals surface area contributed by atoms with Gasteiger partial charge in [-0.3, -0.25) is 4.98 Å². The second kappa shape index (κ2) is 5.55. The molecule has 20 heavy (non-hydrogen) atoms. The van der Waals surface area contributed by atoms with Gasteiger partial charge in [-0.15, -0.1) is 0 Å². The lowest BCUT2D eigenvalue weighted by Crippen LogP contribution is -2.29. The van der Waals surface area contributed by atoms with Gasteiger partial charge in [-0.05, 0) is 42.2 Å². The van der Waals surface area contributed by atoms with Crippen molar-refractivity contribution in [1.29, 1.82) is 0 Å². The number of benzene rings is 1. The quantitative estimate of drug-likeness (QED) is 0.701. The average Bonchev–Trinajstić information content (AvgIpc) is 2.37. The van der Waals surface area contributed by atoms with Crippen LogP contribution in [0.1, 0.15) is 53.2 Å². The number of hydrogen-bond acceptors (Lipinski definition) is 1. The zero-order chi connectivity index (χ0) is 14.8. The molecule has 0 spiro atoms. The average molecular weight is 269 g/mol. The molecule has 0 fully saturated rings. The number of rotatable bonds is 4. The highest BCUT2D eigenvalue weighted by Gasteiger charge is 2.31. The molecule has 1 aromatic heterocycles. The lowest BCUT2D eigenvalue weighted by molar-refractivity contribution is 0.117. The molecule has 1 nitrogen and oxygen atoms in total. The van der Waals surface area contributed by atoms with Crippen molar-refractivity contribution in [1.82, 2.24) is 4.98 Å². The summed E-state index contributed by atoms with van der Waals surface area (Å²) in [6, 6.07) is 12.7. The molecule has 0 N–H and O–H groups in total. The third-order valence-electron chi connectivity index (χ3n) is 4.92. The van der Waals surface area contributed by atoms with Crippen LogP contribution in [0.15, 0.2) is 36.4 Å². The molecular formula is C19H27N. The van der Waals surface area contributed by atoms with Gasteiger partial charge < -0.3 is 0 Å². The second-order valence-corrected chi connectivity index (χ2v) is 7.48. The molecule has 0 aliphatic heterocycles. The Kier molecular flexibility index (Phi) is 4.17. The minimum absolute atomic E-state index is 0.351. The normalized spacial score (nSPS) is 12.8. The number of hydrogen-bond donors (Lipinski definition) is 0. The van der Waals surface area contributed by atoms with Crippen molar-refractivity contribution >= 4 is 10.9 Å². The first-order valence-electron chi connectivity index (χ1n) is 7.64. The maximum atomic E-state index is 4.76. The molecule has 0 amide bonds. The van der Waals surface area contributed by atoms with Crippen LogP contribution >= 0.6 is 0 Å². The van der Waals surface area contributed by atoms with Gasteiger partial charge in [0.05, 0.1) is 5.52 Å². The van der Waals surface area contributed by atoms with E-state index in [4.69, 9.17) is 4.98 Å². The molecule has 0 radical (unpaired) electrons. The van der Waals surface area contributed by atoms with E-state index in [1.807, 2.05) is 0 Å². The van der Waals surface area contributed by atoms with Crippen molar-refractivity contribution in [2.75, 3.05) is 0 Å². The zero-order valence-electron chi connectivity index (χ0n) is 13.5. The molecule has 0 aliphatic carbocycles. The van der Waals surface area contributed by atoms with Crippen LogP contribution in [-0.4, -0.2) is 4.98 Å². The molecule has 2 rings (SSSR count). The predicted molar refractivity (Wildman–Crippen MR) is 87.9 cm³/mol. The van der Waals surface area contributed by atoms with E-state index in [-0.39, 0.29) is 0 Å². The molecule has 1 aromatic carbocycles. The fourth-order valence-corrected chi connectivity index (χ4v) is 2.33. The Morgan fingerprint density at radius 1 is 0.900 bits per heavy atom. The summed E-state index contributed by atoms with van der Waals surface area (Å²) in [4.78, 5) is 4.76. The standard InChI is InChI=1S/C19H27N/c1-18(2,3)19(4,5)14-8-10-16-13-12-15-9-6-7-11-17(15)20-16/h6-7,9,11-13H,8,10,14H2,1-5H3. The van der Waals surface area contributed by atoms with E-state index in [1.165, 1.54) is 23.9 Å². The van der Waals surface area contributed by atoms with Gasteiger partial charge >= 0.3 is 0 Å². The lowest BCUT2D eigenvalue weighted by Gasteiger charge is -2.39. The Balaban J connectivity index is 2.00. The van der Waals surface area contributed by atoms with Crippen molar-refractivity contribution in [3.63, 3.8) is 0 Å². The molecule has 0 unspecified atom stereocenters. The first kappa shape index (κ1) is 15.0. The van der Waals surface area contributed by atoms with E-state index in [9.17, 15) is 0 Å². The third kappa shape index (κ3) is 3.39. The van der Waals surface area contributed by atoms with Crippen LogP contribution in [0.5, 0.6) is 0 Å². The summed E-state index contributed by atoms with van der Waals surface area (Å²) in [5.41, 5.74) is 3.04. The summed E-state index contributed by atoms with van der Waals surface area (Å²) in [6.45, 7) is 11.8. The summed E-state index contributed by atoms with van der Waals surface area (Å²) in [7, 11) is 0. The lowest BCUT2D eigenvalue weighted by atomic mass is 9.67. The maximum Gasteiger partial charge on any atom is 0.0705 e. The van der Waals surface area contributed by atoms with Crippen LogP contribution in [0.3, 0.4) is 0 Å². The Morgan fingerprint density at radius 3 is 2.30 bits per heavy atom. The molecule has 108 valence electrons. The minimum atomic E-state index is 0.351. The molecule has 1 heterocycles. The largest absolute Gasteiger partial charge is 0.253 e. The Morgan fingerprint density at radius 2 is 1.60 bits per heavy atom. The number of pyridine rings is 1. The van der Waals surface area contributed by atoms with Crippen molar-refractivity contribution in [3.05, 3.63) is 42.1 Å². The second-order valence-electron chi connectivity index (χ2n) is 7.48. The number of fused-ring (bicyclic) bond motifs is 1. The molecule has 0 aliphatic rings. The molecular weight excluding hydrogens is 242 g/mol. The van der Waals surface area contributed by atoms with E-state index in [0.29, 0.717) is 10.8 Å². The van der Waals surface area contributed by atoms with Gasteiger partial charge in [0, 0.05) is 11.1 Å². The van der Waals surface area contributed by atoms with E-state index in [2.05, 4.69) is 71.0 Å². The first-order valence-corrected chi connectivity index (χ1v) is 7.64. The molecule has 0 saturated carbocycles. The smallest absolute Gasteiger partial charge is 0.0705 e.